The van der Waals surface area contributed by atoms with Gasteiger partial charge in [0.2, 0.25) is 0 Å². The number of thiophene rings is 1. The highest BCUT2D eigenvalue weighted by molar-refractivity contribution is 7.18. The molecule has 0 saturated heterocycles. The fraction of sp³-hybridized carbons (Fsp3) is 0.312. The second kappa shape index (κ2) is 5.48. The predicted molar refractivity (Wildman–Crippen MR) is 89.7 cm³/mol. The number of halogens is 1. The molecular weight excluding hydrogens is 320 g/mol. The molecule has 1 unspecified atom stereocenters. The zero-order valence-corrected chi connectivity index (χ0v) is 13.9. The van der Waals surface area contributed by atoms with E-state index in [1.165, 1.54) is 11.3 Å². The Bertz CT molecular complexity index is 727. The average Bonchev–Trinajstić information content (AvgIpc) is 2.85. The van der Waals surface area contributed by atoms with Crippen LogP contribution in [-0.4, -0.2) is 11.5 Å². The van der Waals surface area contributed by atoms with Gasteiger partial charge in [0, 0.05) is 17.7 Å². The molecule has 6 heteroatoms. The molecular formula is C16H17ClN2O2S. The van der Waals surface area contributed by atoms with Gasteiger partial charge in [-0.1, -0.05) is 11.6 Å². The minimum Gasteiger partial charge on any atom is -0.487 e. The summed E-state index contributed by atoms with van der Waals surface area (Å²) in [7, 11) is 0. The second-order valence-electron chi connectivity index (χ2n) is 5.99. The maximum Gasteiger partial charge on any atom is 0.261 e. The quantitative estimate of drug-likeness (QED) is 0.814. The summed E-state index contributed by atoms with van der Waals surface area (Å²) in [5, 5.41) is 3.06. The van der Waals surface area contributed by atoms with Gasteiger partial charge in [-0.3, -0.25) is 4.79 Å². The summed E-state index contributed by atoms with van der Waals surface area (Å²) in [4.78, 5) is 13.0. The summed E-state index contributed by atoms with van der Waals surface area (Å²) in [6.45, 7) is 4.01. The Morgan fingerprint density at radius 1 is 1.41 bits per heavy atom. The first-order valence-electron chi connectivity index (χ1n) is 6.99. The van der Waals surface area contributed by atoms with E-state index in [4.69, 9.17) is 22.1 Å². The molecule has 2 heterocycles. The van der Waals surface area contributed by atoms with Crippen LogP contribution in [0.3, 0.4) is 0 Å². The van der Waals surface area contributed by atoms with Crippen LogP contribution in [0.25, 0.3) is 0 Å². The molecule has 116 valence electrons. The third-order valence-corrected chi connectivity index (χ3v) is 4.82. The third kappa shape index (κ3) is 3.05. The lowest BCUT2D eigenvalue weighted by Crippen LogP contribution is -2.41. The molecule has 1 aliphatic rings. The summed E-state index contributed by atoms with van der Waals surface area (Å²) in [5.74, 6) is 0.632. The number of amides is 1. The van der Waals surface area contributed by atoms with E-state index < -0.39 is 0 Å². The molecule has 22 heavy (non-hydrogen) atoms. The van der Waals surface area contributed by atoms with Crippen LogP contribution >= 0.6 is 22.9 Å². The van der Waals surface area contributed by atoms with Gasteiger partial charge >= 0.3 is 0 Å². The summed E-state index contributed by atoms with van der Waals surface area (Å²) in [6, 6.07) is 8.83. The highest BCUT2D eigenvalue weighted by atomic mass is 35.5. The first-order chi connectivity index (χ1) is 10.3. The number of hydrogen-bond donors (Lipinski definition) is 2. The van der Waals surface area contributed by atoms with E-state index in [1.54, 1.807) is 18.2 Å². The molecule has 1 amide bonds. The van der Waals surface area contributed by atoms with E-state index in [0.29, 0.717) is 21.3 Å². The second-order valence-corrected chi connectivity index (χ2v) is 7.71. The van der Waals surface area contributed by atoms with Crippen LogP contribution in [0.5, 0.6) is 5.75 Å². The number of fused-ring (bicyclic) bond motifs is 1. The summed E-state index contributed by atoms with van der Waals surface area (Å²) >= 11 is 7.16. The molecule has 0 spiro atoms. The van der Waals surface area contributed by atoms with Gasteiger partial charge < -0.3 is 15.8 Å². The lowest BCUT2D eigenvalue weighted by Gasteiger charge is -2.38. The van der Waals surface area contributed by atoms with Crippen molar-refractivity contribution in [3.05, 3.63) is 45.1 Å². The van der Waals surface area contributed by atoms with Crippen LogP contribution in [0.1, 0.15) is 41.5 Å². The lowest BCUT2D eigenvalue weighted by atomic mass is 9.89. The molecule has 1 aromatic carbocycles. The zero-order valence-electron chi connectivity index (χ0n) is 12.4. The normalized spacial score (nSPS) is 19.1. The van der Waals surface area contributed by atoms with Crippen molar-refractivity contribution >= 4 is 34.5 Å². The minimum absolute atomic E-state index is 0.132. The van der Waals surface area contributed by atoms with Crippen LogP contribution in [0.2, 0.25) is 4.34 Å². The molecule has 4 nitrogen and oxygen atoms in total. The van der Waals surface area contributed by atoms with E-state index in [9.17, 15) is 4.79 Å². The van der Waals surface area contributed by atoms with E-state index >= 15 is 0 Å². The number of carbonyl (C=O) groups is 1. The number of ether oxygens (including phenoxy) is 1. The van der Waals surface area contributed by atoms with Crippen LogP contribution in [0.4, 0.5) is 5.69 Å². The molecule has 0 saturated carbocycles. The fourth-order valence-electron chi connectivity index (χ4n) is 2.67. The highest BCUT2D eigenvalue weighted by Crippen LogP contribution is 2.40. The SMILES string of the molecule is CC1(C)CC(NC(=O)c2ccc(Cl)s2)c2cc(N)ccc2O1. The van der Waals surface area contributed by atoms with E-state index in [2.05, 4.69) is 5.32 Å². The van der Waals surface area contributed by atoms with Crippen LogP contribution < -0.4 is 15.8 Å². The Kier molecular flexibility index (Phi) is 3.78. The van der Waals surface area contributed by atoms with E-state index in [0.717, 1.165) is 11.3 Å². The van der Waals surface area contributed by atoms with Crippen molar-refractivity contribution in [1.29, 1.82) is 0 Å². The van der Waals surface area contributed by atoms with E-state index in [1.807, 2.05) is 26.0 Å². The van der Waals surface area contributed by atoms with Crippen molar-refractivity contribution in [2.24, 2.45) is 0 Å². The largest absolute Gasteiger partial charge is 0.487 e. The Labute approximate surface area is 138 Å². The van der Waals surface area contributed by atoms with Crippen molar-refractivity contribution in [3.63, 3.8) is 0 Å². The van der Waals surface area contributed by atoms with Gasteiger partial charge in [-0.25, -0.2) is 0 Å². The summed E-state index contributed by atoms with van der Waals surface area (Å²) < 4.78 is 6.57. The van der Waals surface area contributed by atoms with Crippen molar-refractivity contribution in [1.82, 2.24) is 5.32 Å². The van der Waals surface area contributed by atoms with Gasteiger partial charge in [0.25, 0.3) is 5.91 Å². The molecule has 2 aromatic rings. The molecule has 1 aliphatic heterocycles. The van der Waals surface area contributed by atoms with Gasteiger partial charge in [-0.2, -0.15) is 0 Å². The number of benzene rings is 1. The van der Waals surface area contributed by atoms with Crippen molar-refractivity contribution in [2.75, 3.05) is 5.73 Å². The number of hydrogen-bond acceptors (Lipinski definition) is 4. The predicted octanol–water partition coefficient (Wildman–Crippen LogP) is 4.02. The highest BCUT2D eigenvalue weighted by Gasteiger charge is 2.34. The van der Waals surface area contributed by atoms with Crippen LogP contribution in [-0.2, 0) is 0 Å². The van der Waals surface area contributed by atoms with E-state index in [-0.39, 0.29) is 17.6 Å². The van der Waals surface area contributed by atoms with Crippen LogP contribution in [0, 0.1) is 0 Å². The van der Waals surface area contributed by atoms with Crippen molar-refractivity contribution in [3.8, 4) is 5.75 Å². The monoisotopic (exact) mass is 336 g/mol. The topological polar surface area (TPSA) is 64.4 Å². The lowest BCUT2D eigenvalue weighted by molar-refractivity contribution is 0.0621. The third-order valence-electron chi connectivity index (χ3n) is 3.59. The Morgan fingerprint density at radius 3 is 2.86 bits per heavy atom. The molecule has 3 N–H and O–H groups in total. The summed E-state index contributed by atoms with van der Waals surface area (Å²) in [6.07, 6.45) is 0.675. The van der Waals surface area contributed by atoms with Crippen molar-refractivity contribution in [2.45, 2.75) is 31.9 Å². The first-order valence-corrected chi connectivity index (χ1v) is 8.18. The molecule has 0 fully saturated rings. The minimum atomic E-state index is -0.353. The number of nitrogen functional groups attached to an aromatic ring is 1. The molecule has 1 aromatic heterocycles. The number of carbonyl (C=O) groups excluding carboxylic acids is 1. The fourth-order valence-corrected chi connectivity index (χ4v) is 3.61. The number of anilines is 1. The number of nitrogens with two attached hydrogens (primary N) is 1. The van der Waals surface area contributed by atoms with Gasteiger partial charge in [-0.15, -0.1) is 11.3 Å². The maximum absolute atomic E-state index is 12.4. The number of nitrogens with one attached hydrogen (secondary N) is 1. The van der Waals surface area contributed by atoms with Gasteiger partial charge in [-0.05, 0) is 44.2 Å². The maximum atomic E-state index is 12.4. The van der Waals surface area contributed by atoms with Gasteiger partial charge in [0.1, 0.15) is 11.4 Å². The molecule has 0 radical (unpaired) electrons. The first kappa shape index (κ1) is 15.2. The number of rotatable bonds is 2. The molecule has 0 aliphatic carbocycles. The Hall–Kier alpha value is -1.72. The van der Waals surface area contributed by atoms with Gasteiger partial charge in [0.05, 0.1) is 15.3 Å². The average molecular weight is 337 g/mol. The molecule has 3 rings (SSSR count). The molecule has 0 bridgehead atoms. The standard InChI is InChI=1S/C16H17ClN2O2S/c1-16(2)8-11(10-7-9(18)3-4-12(10)21-16)19-15(20)13-5-6-14(17)22-13/h3-7,11H,8,18H2,1-2H3,(H,19,20). The van der Waals surface area contributed by atoms with Crippen molar-refractivity contribution < 1.29 is 9.53 Å². The Morgan fingerprint density at radius 2 is 2.18 bits per heavy atom. The van der Waals surface area contributed by atoms with Crippen LogP contribution in [0.15, 0.2) is 30.3 Å². The van der Waals surface area contributed by atoms with Gasteiger partial charge in [0.15, 0.2) is 0 Å². The Balaban J connectivity index is 1.90. The zero-order chi connectivity index (χ0) is 15.9. The molecule has 1 atom stereocenters. The smallest absolute Gasteiger partial charge is 0.261 e. The summed E-state index contributed by atoms with van der Waals surface area (Å²) in [5.41, 5.74) is 7.09.